The molecular weight excluding hydrogens is 416 g/mol. The van der Waals surface area contributed by atoms with Gasteiger partial charge in [0.05, 0.1) is 29.3 Å². The van der Waals surface area contributed by atoms with Crippen molar-refractivity contribution in [2.75, 3.05) is 11.9 Å². The molecule has 2 amide bonds. The first-order valence-corrected chi connectivity index (χ1v) is 10.7. The van der Waals surface area contributed by atoms with Crippen LogP contribution in [0.25, 0.3) is 16.9 Å². The van der Waals surface area contributed by atoms with Crippen LogP contribution in [0.5, 0.6) is 5.75 Å². The molecule has 2 N–H and O–H groups in total. The number of amides is 2. The van der Waals surface area contributed by atoms with Gasteiger partial charge < -0.3 is 15.4 Å². The van der Waals surface area contributed by atoms with Crippen LogP contribution in [-0.4, -0.2) is 28.2 Å². The summed E-state index contributed by atoms with van der Waals surface area (Å²) in [6.07, 6.45) is 1.75. The number of rotatable bonds is 5. The second kappa shape index (κ2) is 8.63. The highest BCUT2D eigenvalue weighted by molar-refractivity contribution is 5.96. The molecule has 0 saturated carbocycles. The molecule has 33 heavy (non-hydrogen) atoms. The zero-order valence-electron chi connectivity index (χ0n) is 18.0. The lowest BCUT2D eigenvalue weighted by Crippen LogP contribution is -2.28. The summed E-state index contributed by atoms with van der Waals surface area (Å²) in [5.41, 5.74) is 4.79. The van der Waals surface area contributed by atoms with E-state index in [9.17, 15) is 9.59 Å². The van der Waals surface area contributed by atoms with Crippen LogP contribution in [-0.2, 0) is 4.79 Å². The molecule has 1 aromatic heterocycles. The molecule has 0 spiro atoms. The van der Waals surface area contributed by atoms with E-state index in [0.717, 1.165) is 22.5 Å². The monoisotopic (exact) mass is 438 g/mol. The van der Waals surface area contributed by atoms with Crippen LogP contribution in [0.15, 0.2) is 85.1 Å². The first kappa shape index (κ1) is 20.5. The minimum atomic E-state index is -0.269. The quantitative estimate of drug-likeness (QED) is 0.485. The molecule has 7 heteroatoms. The highest BCUT2D eigenvalue weighted by Gasteiger charge is 2.19. The van der Waals surface area contributed by atoms with Gasteiger partial charge in [-0.2, -0.15) is 5.10 Å². The Labute approximate surface area is 191 Å². The van der Waals surface area contributed by atoms with Crippen molar-refractivity contribution in [2.45, 2.75) is 13.0 Å². The molecule has 0 bridgehead atoms. The molecule has 3 aromatic carbocycles. The van der Waals surface area contributed by atoms with Crippen molar-refractivity contribution >= 4 is 17.5 Å². The minimum absolute atomic E-state index is 0.0111. The zero-order valence-corrected chi connectivity index (χ0v) is 18.0. The van der Waals surface area contributed by atoms with E-state index in [0.29, 0.717) is 17.0 Å². The minimum Gasteiger partial charge on any atom is -0.482 e. The highest BCUT2D eigenvalue weighted by Crippen LogP contribution is 2.30. The molecule has 164 valence electrons. The van der Waals surface area contributed by atoms with Crippen LogP contribution in [0, 0.1) is 0 Å². The maximum Gasteiger partial charge on any atom is 0.262 e. The number of fused-ring (bicyclic) bond motifs is 1. The second-order valence-corrected chi connectivity index (χ2v) is 7.83. The van der Waals surface area contributed by atoms with Crippen LogP contribution in [0.2, 0.25) is 0 Å². The van der Waals surface area contributed by atoms with Crippen molar-refractivity contribution in [3.63, 3.8) is 0 Å². The lowest BCUT2D eigenvalue weighted by molar-refractivity contribution is -0.118. The third kappa shape index (κ3) is 4.21. The van der Waals surface area contributed by atoms with Gasteiger partial charge >= 0.3 is 0 Å². The standard InChI is InChI=1S/C26H22N4O3/c1-17(19-10-11-24-22(15-19)29-25(31)16-33-24)28-26(32)20-8-5-9-21(14-20)30-23(12-13-27-30)18-6-3-2-4-7-18/h2-15,17H,16H2,1H3,(H,28,32)(H,29,31). The van der Waals surface area contributed by atoms with Crippen LogP contribution >= 0.6 is 0 Å². The number of hydrogen-bond acceptors (Lipinski definition) is 4. The molecule has 0 fully saturated rings. The van der Waals surface area contributed by atoms with E-state index < -0.39 is 0 Å². The fraction of sp³-hybridized carbons (Fsp3) is 0.115. The maximum absolute atomic E-state index is 13.0. The Kier molecular flexibility index (Phi) is 5.36. The van der Waals surface area contributed by atoms with Gasteiger partial charge in [-0.3, -0.25) is 9.59 Å². The number of ether oxygens (including phenoxy) is 1. The molecule has 0 saturated heterocycles. The van der Waals surface area contributed by atoms with Crippen molar-refractivity contribution in [1.29, 1.82) is 0 Å². The fourth-order valence-electron chi connectivity index (χ4n) is 3.85. The Morgan fingerprint density at radius 2 is 1.91 bits per heavy atom. The van der Waals surface area contributed by atoms with Gasteiger partial charge in [-0.15, -0.1) is 0 Å². The number of hydrogen-bond donors (Lipinski definition) is 2. The predicted molar refractivity (Wildman–Crippen MR) is 125 cm³/mol. The third-order valence-electron chi connectivity index (χ3n) is 5.55. The number of nitrogens with one attached hydrogen (secondary N) is 2. The smallest absolute Gasteiger partial charge is 0.262 e. The average Bonchev–Trinajstić information content (AvgIpc) is 3.34. The first-order chi connectivity index (χ1) is 16.1. The van der Waals surface area contributed by atoms with Crippen LogP contribution in [0.3, 0.4) is 0 Å². The van der Waals surface area contributed by atoms with E-state index >= 15 is 0 Å². The molecule has 4 aromatic rings. The van der Waals surface area contributed by atoms with Crippen molar-refractivity contribution in [3.8, 4) is 22.7 Å². The molecule has 1 atom stereocenters. The van der Waals surface area contributed by atoms with E-state index in [2.05, 4.69) is 15.7 Å². The Bertz CT molecular complexity index is 1330. The Balaban J connectivity index is 1.36. The lowest BCUT2D eigenvalue weighted by Gasteiger charge is -2.21. The summed E-state index contributed by atoms with van der Waals surface area (Å²) >= 11 is 0. The van der Waals surface area contributed by atoms with Crippen molar-refractivity contribution in [3.05, 3.63) is 96.2 Å². The van der Waals surface area contributed by atoms with E-state index in [1.54, 1.807) is 18.3 Å². The fourth-order valence-corrected chi connectivity index (χ4v) is 3.85. The summed E-state index contributed by atoms with van der Waals surface area (Å²) in [7, 11) is 0. The molecule has 2 heterocycles. The van der Waals surface area contributed by atoms with Gasteiger partial charge in [-0.05, 0) is 48.9 Å². The van der Waals surface area contributed by atoms with Crippen molar-refractivity contribution in [1.82, 2.24) is 15.1 Å². The van der Waals surface area contributed by atoms with Crippen molar-refractivity contribution < 1.29 is 14.3 Å². The number of nitrogens with zero attached hydrogens (tertiary/aromatic N) is 2. The summed E-state index contributed by atoms with van der Waals surface area (Å²) in [4.78, 5) is 24.6. The van der Waals surface area contributed by atoms with E-state index in [-0.39, 0.29) is 24.5 Å². The molecule has 1 aliphatic heterocycles. The number of aromatic nitrogens is 2. The van der Waals surface area contributed by atoms with Crippen LogP contribution in [0.4, 0.5) is 5.69 Å². The van der Waals surface area contributed by atoms with Gasteiger partial charge in [0.15, 0.2) is 6.61 Å². The molecular formula is C26H22N4O3. The molecule has 0 radical (unpaired) electrons. The Morgan fingerprint density at radius 3 is 2.76 bits per heavy atom. The van der Waals surface area contributed by atoms with E-state index in [4.69, 9.17) is 4.74 Å². The molecule has 7 nitrogen and oxygen atoms in total. The maximum atomic E-state index is 13.0. The van der Waals surface area contributed by atoms with Crippen molar-refractivity contribution in [2.24, 2.45) is 0 Å². The topological polar surface area (TPSA) is 85.3 Å². The molecule has 0 aliphatic carbocycles. The normalized spacial score (nSPS) is 13.4. The molecule has 1 aliphatic rings. The largest absolute Gasteiger partial charge is 0.482 e. The Hall–Kier alpha value is -4.39. The second-order valence-electron chi connectivity index (χ2n) is 7.83. The zero-order chi connectivity index (χ0) is 22.8. The number of benzene rings is 3. The summed E-state index contributed by atoms with van der Waals surface area (Å²) in [6.45, 7) is 1.91. The average molecular weight is 438 g/mol. The van der Waals surface area contributed by atoms with Crippen LogP contribution in [0.1, 0.15) is 28.9 Å². The van der Waals surface area contributed by atoms with Gasteiger partial charge in [0, 0.05) is 11.1 Å². The number of anilines is 1. The summed E-state index contributed by atoms with van der Waals surface area (Å²) in [6, 6.07) is 24.5. The summed E-state index contributed by atoms with van der Waals surface area (Å²) < 4.78 is 7.22. The van der Waals surface area contributed by atoms with E-state index in [1.807, 2.05) is 78.3 Å². The van der Waals surface area contributed by atoms with Gasteiger partial charge in [0.1, 0.15) is 5.75 Å². The summed E-state index contributed by atoms with van der Waals surface area (Å²) in [5, 5.41) is 10.3. The Morgan fingerprint density at radius 1 is 1.06 bits per heavy atom. The first-order valence-electron chi connectivity index (χ1n) is 10.7. The lowest BCUT2D eigenvalue weighted by atomic mass is 10.1. The number of carbonyl (C=O) groups is 2. The SMILES string of the molecule is CC(NC(=O)c1cccc(-n2nccc2-c2ccccc2)c1)c1ccc2c(c1)NC(=O)CO2. The highest BCUT2D eigenvalue weighted by atomic mass is 16.5. The van der Waals surface area contributed by atoms with Gasteiger partial charge in [-0.25, -0.2) is 4.68 Å². The van der Waals surface area contributed by atoms with Crippen LogP contribution < -0.4 is 15.4 Å². The summed E-state index contributed by atoms with van der Waals surface area (Å²) in [5.74, 6) is 0.232. The molecule has 5 rings (SSSR count). The van der Waals surface area contributed by atoms with Gasteiger partial charge in [-0.1, -0.05) is 42.5 Å². The van der Waals surface area contributed by atoms with E-state index in [1.165, 1.54) is 0 Å². The number of carbonyl (C=O) groups excluding carboxylic acids is 2. The predicted octanol–water partition coefficient (Wildman–Crippen LogP) is 4.36. The van der Waals surface area contributed by atoms with Gasteiger partial charge in [0.25, 0.3) is 11.8 Å². The third-order valence-corrected chi connectivity index (χ3v) is 5.55. The molecule has 1 unspecified atom stereocenters. The van der Waals surface area contributed by atoms with Gasteiger partial charge in [0.2, 0.25) is 0 Å².